The zero-order valence-corrected chi connectivity index (χ0v) is 19.4. The van der Waals surface area contributed by atoms with Crippen molar-refractivity contribution in [3.63, 3.8) is 0 Å². The molecule has 1 unspecified atom stereocenters. The van der Waals surface area contributed by atoms with Gasteiger partial charge in [-0.05, 0) is 51.8 Å². The second kappa shape index (κ2) is 8.72. The number of nitriles is 1. The number of aryl methyl sites for hydroxylation is 1. The zero-order valence-electron chi connectivity index (χ0n) is 19.4. The minimum absolute atomic E-state index is 0.306. The normalized spacial score (nSPS) is 17.1. The molecule has 1 aliphatic rings. The van der Waals surface area contributed by atoms with Gasteiger partial charge in [-0.3, -0.25) is 4.90 Å². The first kappa shape index (κ1) is 22.8. The number of hydrogen-bond donors (Lipinski definition) is 0. The Bertz CT molecular complexity index is 1000. The third kappa shape index (κ3) is 4.75. The molecule has 166 valence electrons. The highest BCUT2D eigenvalue weighted by Gasteiger charge is 2.37. The van der Waals surface area contributed by atoms with Gasteiger partial charge in [0, 0.05) is 37.1 Å². The van der Waals surface area contributed by atoms with Crippen LogP contribution < -0.4 is 4.74 Å². The number of piperazine rings is 1. The van der Waals surface area contributed by atoms with E-state index in [1.807, 2.05) is 45.9 Å². The number of carbonyl (C=O) groups excluding carboxylic acids is 1. The molecule has 1 aliphatic heterocycles. The number of rotatable bonds is 4. The van der Waals surface area contributed by atoms with E-state index in [1.165, 1.54) is 0 Å². The highest BCUT2D eigenvalue weighted by Crippen LogP contribution is 2.32. The summed E-state index contributed by atoms with van der Waals surface area (Å²) in [5.74, 6) is 0.622. The van der Waals surface area contributed by atoms with Crippen LogP contribution in [0.5, 0.6) is 5.88 Å². The van der Waals surface area contributed by atoms with Gasteiger partial charge < -0.3 is 14.4 Å². The monoisotopic (exact) mass is 424 g/mol. The highest BCUT2D eigenvalue weighted by atomic mass is 16.6. The van der Waals surface area contributed by atoms with Crippen molar-refractivity contribution < 1.29 is 14.3 Å². The molecule has 1 saturated heterocycles. The summed E-state index contributed by atoms with van der Waals surface area (Å²) in [6, 6.07) is 10.6. The first-order valence-corrected chi connectivity index (χ1v) is 10.7. The van der Waals surface area contributed by atoms with Gasteiger partial charge >= 0.3 is 6.09 Å². The molecule has 0 saturated carbocycles. The van der Waals surface area contributed by atoms with Crippen LogP contribution in [0.3, 0.4) is 0 Å². The van der Waals surface area contributed by atoms with Gasteiger partial charge in [-0.2, -0.15) is 5.26 Å². The van der Waals surface area contributed by atoms with E-state index in [4.69, 9.17) is 9.47 Å². The van der Waals surface area contributed by atoms with E-state index in [2.05, 4.69) is 28.9 Å². The maximum atomic E-state index is 12.4. The lowest BCUT2D eigenvalue weighted by Crippen LogP contribution is -2.55. The summed E-state index contributed by atoms with van der Waals surface area (Å²) in [5, 5.41) is 11.2. The number of amides is 1. The second-order valence-corrected chi connectivity index (χ2v) is 9.06. The Morgan fingerprint density at radius 2 is 1.84 bits per heavy atom. The number of pyridine rings is 1. The van der Waals surface area contributed by atoms with Gasteiger partial charge in [0.2, 0.25) is 5.88 Å². The van der Waals surface area contributed by atoms with Crippen LogP contribution in [0.25, 0.3) is 10.9 Å². The summed E-state index contributed by atoms with van der Waals surface area (Å²) in [6.07, 6.45) is 0.533. The van der Waals surface area contributed by atoms with Crippen molar-refractivity contribution in [2.45, 2.75) is 52.2 Å². The smallest absolute Gasteiger partial charge is 0.410 e. The Morgan fingerprint density at radius 3 is 2.39 bits per heavy atom. The van der Waals surface area contributed by atoms with E-state index < -0.39 is 11.1 Å². The van der Waals surface area contributed by atoms with Gasteiger partial charge in [0.25, 0.3) is 0 Å². The molecular formula is C24H32N4O3. The lowest BCUT2D eigenvalue weighted by molar-refractivity contribution is 0.00582. The molecule has 7 heteroatoms. The number of ether oxygens (including phenoxy) is 2. The van der Waals surface area contributed by atoms with Gasteiger partial charge in [0.15, 0.2) is 0 Å². The van der Waals surface area contributed by atoms with Crippen molar-refractivity contribution in [3.8, 4) is 11.9 Å². The van der Waals surface area contributed by atoms with Crippen LogP contribution in [0, 0.1) is 11.3 Å². The number of methoxy groups -OCH3 is 1. The Hall–Kier alpha value is -2.85. The van der Waals surface area contributed by atoms with E-state index >= 15 is 0 Å². The fourth-order valence-corrected chi connectivity index (χ4v) is 3.91. The Morgan fingerprint density at radius 1 is 1.16 bits per heavy atom. The van der Waals surface area contributed by atoms with E-state index in [9.17, 15) is 10.1 Å². The third-order valence-corrected chi connectivity index (χ3v) is 5.77. The summed E-state index contributed by atoms with van der Waals surface area (Å²) in [7, 11) is 1.63. The number of hydrogen-bond acceptors (Lipinski definition) is 6. The van der Waals surface area contributed by atoms with Crippen LogP contribution >= 0.6 is 0 Å². The minimum atomic E-state index is -0.827. The summed E-state index contributed by atoms with van der Waals surface area (Å²) >= 11 is 0. The highest BCUT2D eigenvalue weighted by molar-refractivity contribution is 5.81. The Labute approximate surface area is 184 Å². The lowest BCUT2D eigenvalue weighted by Gasteiger charge is -2.42. The predicted octanol–water partition coefficient (Wildman–Crippen LogP) is 4.10. The second-order valence-electron chi connectivity index (χ2n) is 9.06. The van der Waals surface area contributed by atoms with E-state index in [-0.39, 0.29) is 6.09 Å². The summed E-state index contributed by atoms with van der Waals surface area (Å²) in [4.78, 5) is 20.9. The van der Waals surface area contributed by atoms with Gasteiger partial charge in [0.1, 0.15) is 11.1 Å². The zero-order chi connectivity index (χ0) is 22.8. The number of aromatic nitrogens is 1. The molecule has 2 aromatic rings. The largest absolute Gasteiger partial charge is 0.481 e. The first-order chi connectivity index (χ1) is 14.6. The maximum Gasteiger partial charge on any atom is 0.410 e. The van der Waals surface area contributed by atoms with Crippen molar-refractivity contribution in [1.29, 1.82) is 5.26 Å². The molecule has 0 spiro atoms. The van der Waals surface area contributed by atoms with E-state index in [1.54, 1.807) is 12.0 Å². The number of carbonyl (C=O) groups is 1. The van der Waals surface area contributed by atoms with Crippen LogP contribution in [-0.2, 0) is 16.7 Å². The first-order valence-electron chi connectivity index (χ1n) is 10.7. The molecule has 7 nitrogen and oxygen atoms in total. The maximum absolute atomic E-state index is 12.4. The van der Waals surface area contributed by atoms with Crippen molar-refractivity contribution in [1.82, 2.24) is 14.8 Å². The molecule has 2 heterocycles. The van der Waals surface area contributed by atoms with Crippen LogP contribution in [0.4, 0.5) is 4.79 Å². The topological polar surface area (TPSA) is 78.7 Å². The van der Waals surface area contributed by atoms with E-state index in [0.29, 0.717) is 32.1 Å². The fourth-order valence-electron chi connectivity index (χ4n) is 3.91. The third-order valence-electron chi connectivity index (χ3n) is 5.77. The van der Waals surface area contributed by atoms with Crippen molar-refractivity contribution in [2.24, 2.45) is 0 Å². The van der Waals surface area contributed by atoms with Gasteiger partial charge in [-0.1, -0.05) is 19.1 Å². The molecule has 0 bridgehead atoms. The number of benzene rings is 1. The number of nitrogens with zero attached hydrogens (tertiary/aromatic N) is 4. The average molecular weight is 425 g/mol. The molecule has 0 radical (unpaired) electrons. The Kier molecular flexibility index (Phi) is 6.42. The van der Waals surface area contributed by atoms with Crippen molar-refractivity contribution in [3.05, 3.63) is 35.4 Å². The average Bonchev–Trinajstić information content (AvgIpc) is 2.76. The molecular weight excluding hydrogens is 392 g/mol. The SMILES string of the molecule is CCc1cc2ccc(C(C)(C#N)N3CCN(C(=O)OC(C)(C)C)CC3)cc2nc1OC. The van der Waals surface area contributed by atoms with Crippen molar-refractivity contribution in [2.75, 3.05) is 33.3 Å². The van der Waals surface area contributed by atoms with Crippen LogP contribution in [0.15, 0.2) is 24.3 Å². The van der Waals surface area contributed by atoms with Gasteiger partial charge in [-0.25, -0.2) is 9.78 Å². The van der Waals surface area contributed by atoms with Crippen LogP contribution in [0.2, 0.25) is 0 Å². The molecule has 31 heavy (non-hydrogen) atoms. The van der Waals surface area contributed by atoms with Gasteiger partial charge in [-0.15, -0.1) is 0 Å². The molecule has 1 atom stereocenters. The van der Waals surface area contributed by atoms with Crippen LogP contribution in [-0.4, -0.2) is 59.8 Å². The molecule has 3 rings (SSSR count). The molecule has 0 aliphatic carbocycles. The summed E-state index contributed by atoms with van der Waals surface area (Å²) < 4.78 is 10.9. The minimum Gasteiger partial charge on any atom is -0.481 e. The van der Waals surface area contributed by atoms with Crippen LogP contribution in [0.1, 0.15) is 45.7 Å². The molecule has 0 N–H and O–H groups in total. The summed E-state index contributed by atoms with van der Waals surface area (Å²) in [6.45, 7) is 11.8. The summed E-state index contributed by atoms with van der Waals surface area (Å²) in [5.41, 5.74) is 1.40. The van der Waals surface area contributed by atoms with E-state index in [0.717, 1.165) is 28.5 Å². The van der Waals surface area contributed by atoms with Gasteiger partial charge in [0.05, 0.1) is 18.7 Å². The molecule has 1 aromatic heterocycles. The van der Waals surface area contributed by atoms with Crippen molar-refractivity contribution >= 4 is 17.0 Å². The number of fused-ring (bicyclic) bond motifs is 1. The Balaban J connectivity index is 1.83. The fraction of sp³-hybridized carbons (Fsp3) is 0.542. The predicted molar refractivity (Wildman–Crippen MR) is 120 cm³/mol. The molecule has 1 fully saturated rings. The quantitative estimate of drug-likeness (QED) is 0.735. The molecule has 1 aromatic carbocycles. The standard InChI is InChI=1S/C24H32N4O3/c1-7-17-14-18-8-9-19(15-20(18)26-21(17)30-6)24(5,16-25)28-12-10-27(11-13-28)22(29)31-23(2,3)4/h8-9,14-15H,7,10-13H2,1-6H3. The lowest BCUT2D eigenvalue weighted by atomic mass is 9.89. The molecule has 1 amide bonds.